The summed E-state index contributed by atoms with van der Waals surface area (Å²) in [5.74, 6) is 1.33. The zero-order valence-corrected chi connectivity index (χ0v) is 18.8. The van der Waals surface area contributed by atoms with Crippen LogP contribution in [0.25, 0.3) is 0 Å². The van der Waals surface area contributed by atoms with E-state index in [2.05, 4.69) is 40.4 Å². The fraction of sp³-hybridized carbons (Fsp3) is 0.333. The molecule has 0 saturated carbocycles. The molecule has 0 aliphatic carbocycles. The summed E-state index contributed by atoms with van der Waals surface area (Å²) in [6.45, 7) is 8.62. The molecule has 0 aliphatic rings. The Bertz CT molecular complexity index is 840. The molecule has 0 aromatic heterocycles. The molecule has 2 rings (SSSR count). The second-order valence-corrected chi connectivity index (χ2v) is 8.27. The fourth-order valence-electron chi connectivity index (χ4n) is 2.30. The third-order valence-electron chi connectivity index (χ3n) is 3.45. The van der Waals surface area contributed by atoms with Crippen LogP contribution in [-0.2, 0) is 0 Å². The zero-order chi connectivity index (χ0) is 20.7. The van der Waals surface area contributed by atoms with Crippen LogP contribution in [0.5, 0.6) is 11.5 Å². The summed E-state index contributed by atoms with van der Waals surface area (Å²) in [6, 6.07) is 12.7. The lowest BCUT2D eigenvalue weighted by molar-refractivity contribution is 0.0972. The highest BCUT2D eigenvalue weighted by Crippen LogP contribution is 2.24. The minimum absolute atomic E-state index is 0.0496. The number of anilines is 1. The lowest BCUT2D eigenvalue weighted by Crippen LogP contribution is -2.34. The molecule has 5 nitrogen and oxygen atoms in total. The van der Waals surface area contributed by atoms with E-state index >= 15 is 0 Å². The Balaban J connectivity index is 2.04. The first-order chi connectivity index (χ1) is 13.2. The SMILES string of the molecule is CC(C)COc1cccc(NC(=S)NC(=O)c2cc(Br)ccc2OC(C)C)c1. The monoisotopic (exact) mass is 464 g/mol. The van der Waals surface area contributed by atoms with Gasteiger partial charge in [-0.3, -0.25) is 10.1 Å². The van der Waals surface area contributed by atoms with Gasteiger partial charge in [0.2, 0.25) is 0 Å². The van der Waals surface area contributed by atoms with Gasteiger partial charge in [-0.15, -0.1) is 0 Å². The molecule has 1 amide bonds. The summed E-state index contributed by atoms with van der Waals surface area (Å²) < 4.78 is 12.2. The predicted octanol–water partition coefficient (Wildman–Crippen LogP) is 5.40. The molecule has 2 N–H and O–H groups in total. The number of benzene rings is 2. The summed E-state index contributed by atoms with van der Waals surface area (Å²) in [5, 5.41) is 5.90. The van der Waals surface area contributed by atoms with Crippen molar-refractivity contribution < 1.29 is 14.3 Å². The van der Waals surface area contributed by atoms with Crippen LogP contribution in [0.4, 0.5) is 5.69 Å². The Morgan fingerprint density at radius 2 is 1.89 bits per heavy atom. The van der Waals surface area contributed by atoms with Crippen LogP contribution < -0.4 is 20.1 Å². The van der Waals surface area contributed by atoms with Crippen LogP contribution in [0.15, 0.2) is 46.9 Å². The third-order valence-corrected chi connectivity index (χ3v) is 4.15. The van der Waals surface area contributed by atoms with Crippen molar-refractivity contribution in [3.63, 3.8) is 0 Å². The van der Waals surface area contributed by atoms with E-state index in [1.807, 2.05) is 44.2 Å². The average Bonchev–Trinajstić information content (AvgIpc) is 2.61. The number of thiocarbonyl (C=S) groups is 1. The van der Waals surface area contributed by atoms with Crippen molar-refractivity contribution in [2.75, 3.05) is 11.9 Å². The number of ether oxygens (including phenoxy) is 2. The van der Waals surface area contributed by atoms with E-state index in [1.165, 1.54) is 0 Å². The van der Waals surface area contributed by atoms with Crippen LogP contribution in [0.3, 0.4) is 0 Å². The van der Waals surface area contributed by atoms with Gasteiger partial charge in [-0.2, -0.15) is 0 Å². The average molecular weight is 465 g/mol. The highest BCUT2D eigenvalue weighted by Gasteiger charge is 2.16. The smallest absolute Gasteiger partial charge is 0.261 e. The van der Waals surface area contributed by atoms with Crippen molar-refractivity contribution in [1.82, 2.24) is 5.32 Å². The standard InChI is InChI=1S/C21H25BrN2O3S/c1-13(2)12-26-17-7-5-6-16(11-17)23-21(28)24-20(25)18-10-15(22)8-9-19(18)27-14(3)4/h5-11,13-14H,12H2,1-4H3,(H2,23,24,25,28). The summed E-state index contributed by atoms with van der Waals surface area (Å²) in [7, 11) is 0. The van der Waals surface area contributed by atoms with Crippen molar-refractivity contribution in [3.8, 4) is 11.5 Å². The van der Waals surface area contributed by atoms with Crippen LogP contribution >= 0.6 is 28.1 Å². The van der Waals surface area contributed by atoms with E-state index in [0.717, 1.165) is 15.9 Å². The molecule has 0 heterocycles. The van der Waals surface area contributed by atoms with Gasteiger partial charge >= 0.3 is 0 Å². The predicted molar refractivity (Wildman–Crippen MR) is 120 cm³/mol. The highest BCUT2D eigenvalue weighted by atomic mass is 79.9. The van der Waals surface area contributed by atoms with E-state index in [-0.39, 0.29) is 17.1 Å². The fourth-order valence-corrected chi connectivity index (χ4v) is 2.87. The number of amides is 1. The van der Waals surface area contributed by atoms with Gasteiger partial charge in [0.05, 0.1) is 18.3 Å². The van der Waals surface area contributed by atoms with Gasteiger partial charge in [0.25, 0.3) is 5.91 Å². The number of nitrogens with one attached hydrogen (secondary N) is 2. The lowest BCUT2D eigenvalue weighted by Gasteiger charge is -2.15. The van der Waals surface area contributed by atoms with E-state index in [0.29, 0.717) is 23.8 Å². The Labute approximate surface area is 179 Å². The number of carbonyl (C=O) groups excluding carboxylic acids is 1. The van der Waals surface area contributed by atoms with Crippen molar-refractivity contribution in [2.24, 2.45) is 5.92 Å². The lowest BCUT2D eigenvalue weighted by atomic mass is 10.2. The molecule has 0 aliphatic heterocycles. The third kappa shape index (κ3) is 7.13. The maximum atomic E-state index is 12.7. The van der Waals surface area contributed by atoms with Gasteiger partial charge in [0.1, 0.15) is 11.5 Å². The van der Waals surface area contributed by atoms with Crippen molar-refractivity contribution in [1.29, 1.82) is 0 Å². The summed E-state index contributed by atoms with van der Waals surface area (Å²) in [4.78, 5) is 12.7. The number of rotatable bonds is 7. The molecular weight excluding hydrogens is 440 g/mol. The molecule has 28 heavy (non-hydrogen) atoms. The number of halogens is 1. The van der Waals surface area contributed by atoms with Crippen molar-refractivity contribution in [3.05, 3.63) is 52.5 Å². The molecular formula is C21H25BrN2O3S. The first kappa shape index (κ1) is 22.2. The molecule has 0 saturated heterocycles. The quantitative estimate of drug-likeness (QED) is 0.537. The summed E-state index contributed by atoms with van der Waals surface area (Å²) >= 11 is 8.67. The molecule has 0 spiro atoms. The topological polar surface area (TPSA) is 59.6 Å². The van der Waals surface area contributed by atoms with Crippen LogP contribution in [0.1, 0.15) is 38.1 Å². The maximum absolute atomic E-state index is 12.7. The molecule has 0 bridgehead atoms. The van der Waals surface area contributed by atoms with Gasteiger partial charge in [-0.05, 0) is 62.3 Å². The molecule has 7 heteroatoms. The number of hydrogen-bond acceptors (Lipinski definition) is 4. The minimum atomic E-state index is -0.346. The van der Waals surface area contributed by atoms with Gasteiger partial charge in [-0.25, -0.2) is 0 Å². The Hall–Kier alpha value is -2.12. The largest absolute Gasteiger partial charge is 0.493 e. The van der Waals surface area contributed by atoms with Crippen LogP contribution in [-0.4, -0.2) is 23.7 Å². The van der Waals surface area contributed by atoms with E-state index < -0.39 is 0 Å². The van der Waals surface area contributed by atoms with Crippen molar-refractivity contribution >= 4 is 44.9 Å². The molecule has 0 unspecified atom stereocenters. The summed E-state index contributed by atoms with van der Waals surface area (Å²) in [6.07, 6.45) is -0.0496. The minimum Gasteiger partial charge on any atom is -0.493 e. The second-order valence-electron chi connectivity index (χ2n) is 6.95. The Kier molecular flexibility index (Phi) is 8.26. The van der Waals surface area contributed by atoms with E-state index in [1.54, 1.807) is 12.1 Å². The highest BCUT2D eigenvalue weighted by molar-refractivity contribution is 9.10. The molecule has 0 radical (unpaired) electrons. The van der Waals surface area contributed by atoms with Gasteiger partial charge in [0, 0.05) is 16.2 Å². The van der Waals surface area contributed by atoms with Crippen molar-refractivity contribution in [2.45, 2.75) is 33.8 Å². The molecule has 0 fully saturated rings. The first-order valence-electron chi connectivity index (χ1n) is 9.06. The van der Waals surface area contributed by atoms with Gasteiger partial charge in [0.15, 0.2) is 5.11 Å². The summed E-state index contributed by atoms with van der Waals surface area (Å²) in [5.41, 5.74) is 1.14. The number of hydrogen-bond donors (Lipinski definition) is 2. The van der Waals surface area contributed by atoms with Gasteiger partial charge in [-0.1, -0.05) is 35.8 Å². The van der Waals surface area contributed by atoms with E-state index in [4.69, 9.17) is 21.7 Å². The molecule has 150 valence electrons. The first-order valence-corrected chi connectivity index (χ1v) is 10.3. The maximum Gasteiger partial charge on any atom is 0.261 e. The van der Waals surface area contributed by atoms with E-state index in [9.17, 15) is 4.79 Å². The number of carbonyl (C=O) groups is 1. The van der Waals surface area contributed by atoms with Crippen LogP contribution in [0.2, 0.25) is 0 Å². The second kappa shape index (κ2) is 10.4. The normalized spacial score (nSPS) is 10.7. The Morgan fingerprint density at radius 3 is 2.57 bits per heavy atom. The molecule has 0 atom stereocenters. The Morgan fingerprint density at radius 1 is 1.14 bits per heavy atom. The van der Waals surface area contributed by atoms with Crippen LogP contribution in [0, 0.1) is 5.92 Å². The zero-order valence-electron chi connectivity index (χ0n) is 16.4. The molecule has 2 aromatic rings. The van der Waals surface area contributed by atoms with Gasteiger partial charge < -0.3 is 14.8 Å². The molecule has 2 aromatic carbocycles.